The summed E-state index contributed by atoms with van der Waals surface area (Å²) in [6.45, 7) is 1.89. The van der Waals surface area contributed by atoms with Gasteiger partial charge in [0, 0.05) is 12.3 Å². The fourth-order valence-corrected chi connectivity index (χ4v) is 1.95. The zero-order valence-corrected chi connectivity index (χ0v) is 10.1. The number of pyridine rings is 1. The number of aryl methyl sites for hydroxylation is 1. The van der Waals surface area contributed by atoms with E-state index in [-0.39, 0.29) is 5.82 Å². The summed E-state index contributed by atoms with van der Waals surface area (Å²) < 4.78 is 15.5. The van der Waals surface area contributed by atoms with E-state index < -0.39 is 0 Å². The van der Waals surface area contributed by atoms with Gasteiger partial charge in [-0.2, -0.15) is 5.26 Å². The van der Waals surface area contributed by atoms with Crippen LogP contribution in [0.3, 0.4) is 0 Å². The van der Waals surface area contributed by atoms with Gasteiger partial charge in [0.2, 0.25) is 0 Å². The maximum atomic E-state index is 13.9. The van der Waals surface area contributed by atoms with Crippen LogP contribution in [0.4, 0.5) is 4.39 Å². The van der Waals surface area contributed by atoms with Crippen molar-refractivity contribution in [3.8, 4) is 17.5 Å². The molecule has 0 bridgehead atoms. The van der Waals surface area contributed by atoms with E-state index in [2.05, 4.69) is 10.2 Å². The predicted molar refractivity (Wildman–Crippen MR) is 67.8 cm³/mol. The van der Waals surface area contributed by atoms with E-state index in [0.29, 0.717) is 22.6 Å². The van der Waals surface area contributed by atoms with Gasteiger partial charge in [-0.1, -0.05) is 11.6 Å². The van der Waals surface area contributed by atoms with Crippen molar-refractivity contribution in [1.82, 2.24) is 14.6 Å². The van der Waals surface area contributed by atoms with E-state index in [0.717, 1.165) is 5.56 Å². The lowest BCUT2D eigenvalue weighted by molar-refractivity contribution is 0.629. The van der Waals surface area contributed by atoms with Gasteiger partial charge in [0.1, 0.15) is 5.82 Å². The second-order valence-corrected chi connectivity index (χ2v) is 4.26. The molecule has 0 radical (unpaired) electrons. The van der Waals surface area contributed by atoms with Crippen molar-refractivity contribution >= 4 is 5.65 Å². The molecule has 92 valence electrons. The quantitative estimate of drug-likeness (QED) is 0.669. The maximum Gasteiger partial charge on any atom is 0.171 e. The Morgan fingerprint density at radius 1 is 1.21 bits per heavy atom. The molecule has 0 amide bonds. The first-order valence-corrected chi connectivity index (χ1v) is 5.70. The molecule has 19 heavy (non-hydrogen) atoms. The molecule has 0 atom stereocenters. The van der Waals surface area contributed by atoms with E-state index in [9.17, 15) is 4.39 Å². The molecule has 0 aliphatic heterocycles. The zero-order chi connectivity index (χ0) is 13.4. The minimum atomic E-state index is -0.343. The van der Waals surface area contributed by atoms with Gasteiger partial charge in [-0.25, -0.2) is 4.39 Å². The topological polar surface area (TPSA) is 54.0 Å². The Morgan fingerprint density at radius 3 is 2.84 bits per heavy atom. The van der Waals surface area contributed by atoms with E-state index in [1.165, 1.54) is 6.07 Å². The Morgan fingerprint density at radius 2 is 2.05 bits per heavy atom. The minimum Gasteiger partial charge on any atom is -0.282 e. The number of hydrogen-bond donors (Lipinski definition) is 0. The van der Waals surface area contributed by atoms with Crippen LogP contribution in [0.25, 0.3) is 17.0 Å². The highest BCUT2D eigenvalue weighted by Crippen LogP contribution is 2.23. The largest absolute Gasteiger partial charge is 0.282 e. The first-order valence-electron chi connectivity index (χ1n) is 5.70. The summed E-state index contributed by atoms with van der Waals surface area (Å²) >= 11 is 0. The molecule has 0 N–H and O–H groups in total. The molecule has 0 unspecified atom stereocenters. The van der Waals surface area contributed by atoms with Crippen LogP contribution in [-0.4, -0.2) is 14.6 Å². The third kappa shape index (κ3) is 1.83. The molecule has 0 fully saturated rings. The number of rotatable bonds is 1. The van der Waals surface area contributed by atoms with Crippen LogP contribution in [0.1, 0.15) is 11.1 Å². The molecule has 3 aromatic rings. The Kier molecular flexibility index (Phi) is 2.50. The number of aromatic nitrogens is 3. The number of halogens is 1. The molecule has 4 nitrogen and oxygen atoms in total. The van der Waals surface area contributed by atoms with Gasteiger partial charge >= 0.3 is 0 Å². The van der Waals surface area contributed by atoms with Gasteiger partial charge in [0.05, 0.1) is 17.2 Å². The molecule has 0 aliphatic carbocycles. The molecule has 1 aromatic carbocycles. The lowest BCUT2D eigenvalue weighted by Crippen LogP contribution is -1.93. The van der Waals surface area contributed by atoms with Crippen LogP contribution in [0.15, 0.2) is 36.5 Å². The van der Waals surface area contributed by atoms with Crippen molar-refractivity contribution in [1.29, 1.82) is 5.26 Å². The number of fused-ring (bicyclic) bond motifs is 1. The van der Waals surface area contributed by atoms with E-state index >= 15 is 0 Å². The van der Waals surface area contributed by atoms with Gasteiger partial charge < -0.3 is 0 Å². The average molecular weight is 252 g/mol. The molecule has 0 saturated heterocycles. The predicted octanol–water partition coefficient (Wildman–Crippen LogP) is 2.72. The van der Waals surface area contributed by atoms with Gasteiger partial charge in [0.25, 0.3) is 0 Å². The molecular formula is C14H9FN4. The van der Waals surface area contributed by atoms with Crippen LogP contribution in [0.2, 0.25) is 0 Å². The highest BCUT2D eigenvalue weighted by Gasteiger charge is 2.12. The van der Waals surface area contributed by atoms with E-state index in [4.69, 9.17) is 5.26 Å². The fraction of sp³-hybridized carbons (Fsp3) is 0.0714. The monoisotopic (exact) mass is 252 g/mol. The number of nitriles is 1. The molecule has 3 rings (SSSR count). The lowest BCUT2D eigenvalue weighted by atomic mass is 10.1. The van der Waals surface area contributed by atoms with Crippen LogP contribution >= 0.6 is 0 Å². The molecule has 0 spiro atoms. The summed E-state index contributed by atoms with van der Waals surface area (Å²) in [6, 6.07) is 10.1. The normalized spacial score (nSPS) is 10.6. The lowest BCUT2D eigenvalue weighted by Gasteiger charge is -2.03. The smallest absolute Gasteiger partial charge is 0.171 e. The van der Waals surface area contributed by atoms with Crippen molar-refractivity contribution in [2.45, 2.75) is 6.92 Å². The van der Waals surface area contributed by atoms with Crippen molar-refractivity contribution in [3.05, 3.63) is 53.5 Å². The molecule has 0 saturated carbocycles. The molecule has 2 aromatic heterocycles. The second kappa shape index (κ2) is 4.18. The van der Waals surface area contributed by atoms with Crippen LogP contribution in [-0.2, 0) is 0 Å². The van der Waals surface area contributed by atoms with Gasteiger partial charge in [0.15, 0.2) is 11.5 Å². The molecular weight excluding hydrogens is 243 g/mol. The van der Waals surface area contributed by atoms with Gasteiger partial charge in [-0.05, 0) is 25.1 Å². The molecule has 0 aliphatic rings. The Labute approximate surface area is 108 Å². The SMILES string of the molecule is Cc1ccc(F)c(-c2nnc3cc(C#N)ccn23)c1. The number of benzene rings is 1. The van der Waals surface area contributed by atoms with Crippen molar-refractivity contribution < 1.29 is 4.39 Å². The Bertz CT molecular complexity index is 814. The summed E-state index contributed by atoms with van der Waals surface area (Å²) in [4.78, 5) is 0. The number of hydrogen-bond acceptors (Lipinski definition) is 3. The van der Waals surface area contributed by atoms with Crippen LogP contribution in [0, 0.1) is 24.1 Å². The van der Waals surface area contributed by atoms with E-state index in [1.54, 1.807) is 34.9 Å². The third-order valence-electron chi connectivity index (χ3n) is 2.90. The molecule has 5 heteroatoms. The summed E-state index contributed by atoms with van der Waals surface area (Å²) in [7, 11) is 0. The number of nitrogens with zero attached hydrogens (tertiary/aromatic N) is 4. The first kappa shape index (κ1) is 11.4. The van der Waals surface area contributed by atoms with Crippen LogP contribution in [0.5, 0.6) is 0 Å². The Balaban J connectivity index is 2.26. The zero-order valence-electron chi connectivity index (χ0n) is 10.1. The second-order valence-electron chi connectivity index (χ2n) is 4.26. The highest BCUT2D eigenvalue weighted by atomic mass is 19.1. The third-order valence-corrected chi connectivity index (χ3v) is 2.90. The van der Waals surface area contributed by atoms with Crippen molar-refractivity contribution in [2.24, 2.45) is 0 Å². The summed E-state index contributed by atoms with van der Waals surface area (Å²) in [5.74, 6) is 0.0879. The Hall–Kier alpha value is -2.74. The van der Waals surface area contributed by atoms with Gasteiger partial charge in [-0.3, -0.25) is 4.40 Å². The van der Waals surface area contributed by atoms with Crippen LogP contribution < -0.4 is 0 Å². The summed E-state index contributed by atoms with van der Waals surface area (Å²) in [5, 5.41) is 16.8. The van der Waals surface area contributed by atoms with Crippen molar-refractivity contribution in [3.63, 3.8) is 0 Å². The maximum absolute atomic E-state index is 13.9. The van der Waals surface area contributed by atoms with Crippen molar-refractivity contribution in [2.75, 3.05) is 0 Å². The standard InChI is InChI=1S/C14H9FN4/c1-9-2-3-12(15)11(6-9)14-18-17-13-7-10(8-16)4-5-19(13)14/h2-7H,1H3. The summed E-state index contributed by atoms with van der Waals surface area (Å²) in [6.07, 6.45) is 1.67. The van der Waals surface area contributed by atoms with E-state index in [1.807, 2.05) is 13.0 Å². The average Bonchev–Trinajstić information content (AvgIpc) is 2.84. The highest BCUT2D eigenvalue weighted by molar-refractivity contribution is 5.61. The summed E-state index contributed by atoms with van der Waals surface area (Å²) in [5.41, 5.74) is 2.37. The van der Waals surface area contributed by atoms with Gasteiger partial charge in [-0.15, -0.1) is 10.2 Å². The first-order chi connectivity index (χ1) is 9.19. The fourth-order valence-electron chi connectivity index (χ4n) is 1.95. The molecule has 2 heterocycles. The minimum absolute atomic E-state index is 0.343.